The van der Waals surface area contributed by atoms with E-state index >= 15 is 0 Å². The van der Waals surface area contributed by atoms with Crippen molar-refractivity contribution in [2.45, 2.75) is 32.7 Å². The third-order valence-electron chi connectivity index (χ3n) is 2.77. The van der Waals surface area contributed by atoms with Gasteiger partial charge in [0.1, 0.15) is 0 Å². The lowest BCUT2D eigenvalue weighted by atomic mass is 10.2. The smallest absolute Gasteiger partial charge is 0.312 e. The van der Waals surface area contributed by atoms with Crippen LogP contribution in [0.25, 0.3) is 0 Å². The molecule has 7 nitrogen and oxygen atoms in total. The van der Waals surface area contributed by atoms with Gasteiger partial charge >= 0.3 is 5.69 Å². The molecule has 0 radical (unpaired) electrons. The van der Waals surface area contributed by atoms with Gasteiger partial charge in [-0.1, -0.05) is 13.3 Å². The lowest BCUT2D eigenvalue weighted by Gasteiger charge is -2.13. The third kappa shape index (κ3) is 5.10. The first-order valence-corrected chi connectivity index (χ1v) is 6.58. The Hall–Kier alpha value is -2.62. The van der Waals surface area contributed by atoms with E-state index in [1.165, 1.54) is 12.1 Å². The predicted molar refractivity (Wildman–Crippen MR) is 75.8 cm³/mol. The molecule has 0 aromatic heterocycles. The number of amides is 1. The monoisotopic (exact) mass is 291 g/mol. The summed E-state index contributed by atoms with van der Waals surface area (Å²) in [6, 6.07) is 5.68. The van der Waals surface area contributed by atoms with Gasteiger partial charge < -0.3 is 10.1 Å². The first-order chi connectivity index (χ1) is 9.97. The highest BCUT2D eigenvalue weighted by atomic mass is 16.6. The average Bonchev–Trinajstić information content (AvgIpc) is 2.45. The summed E-state index contributed by atoms with van der Waals surface area (Å²) in [5.41, 5.74) is -0.168. The summed E-state index contributed by atoms with van der Waals surface area (Å²) in [4.78, 5) is 21.9. The maximum Gasteiger partial charge on any atom is 0.312 e. The Kier molecular flexibility index (Phi) is 6.14. The standard InChI is InChI=1S/C14H17N3O4/c1-3-4-10(2)16-14(18)9-21-13-6-5-11(8-15)7-12(13)17(19)20/h5-7,10H,3-4,9H2,1-2H3,(H,16,18). The third-order valence-corrected chi connectivity index (χ3v) is 2.77. The molecule has 0 aliphatic carbocycles. The first-order valence-electron chi connectivity index (χ1n) is 6.58. The quantitative estimate of drug-likeness (QED) is 0.612. The van der Waals surface area contributed by atoms with E-state index in [9.17, 15) is 14.9 Å². The molecule has 1 N–H and O–H groups in total. The number of nitro benzene ring substituents is 1. The Morgan fingerprint density at radius 2 is 2.29 bits per heavy atom. The first kappa shape index (κ1) is 16.4. The highest BCUT2D eigenvalue weighted by molar-refractivity contribution is 5.78. The lowest BCUT2D eigenvalue weighted by molar-refractivity contribution is -0.385. The van der Waals surface area contributed by atoms with E-state index in [-0.39, 0.29) is 35.6 Å². The zero-order valence-electron chi connectivity index (χ0n) is 12.0. The van der Waals surface area contributed by atoms with E-state index in [4.69, 9.17) is 10.00 Å². The number of nitrogens with zero attached hydrogens (tertiary/aromatic N) is 2. The van der Waals surface area contributed by atoms with Crippen molar-refractivity contribution >= 4 is 11.6 Å². The molecule has 0 saturated heterocycles. The van der Waals surface area contributed by atoms with Crippen LogP contribution in [0.3, 0.4) is 0 Å². The van der Waals surface area contributed by atoms with Gasteiger partial charge in [0, 0.05) is 12.1 Å². The summed E-state index contributed by atoms with van der Waals surface area (Å²) in [6.45, 7) is 3.59. The number of nitro groups is 1. The second-order valence-corrected chi connectivity index (χ2v) is 4.60. The van der Waals surface area contributed by atoms with Crippen LogP contribution in [0.5, 0.6) is 5.75 Å². The highest BCUT2D eigenvalue weighted by Crippen LogP contribution is 2.27. The Labute approximate surface area is 122 Å². The molecule has 0 fully saturated rings. The van der Waals surface area contributed by atoms with E-state index in [2.05, 4.69) is 5.32 Å². The van der Waals surface area contributed by atoms with E-state index in [0.717, 1.165) is 18.9 Å². The van der Waals surface area contributed by atoms with Crippen LogP contribution in [0, 0.1) is 21.4 Å². The number of hydrogen-bond donors (Lipinski definition) is 1. The van der Waals surface area contributed by atoms with Crippen molar-refractivity contribution in [2.75, 3.05) is 6.61 Å². The molecule has 1 aromatic rings. The van der Waals surface area contributed by atoms with Gasteiger partial charge in [-0.15, -0.1) is 0 Å². The molecule has 0 aliphatic heterocycles. The molecule has 0 saturated carbocycles. The van der Waals surface area contributed by atoms with E-state index < -0.39 is 4.92 Å². The SMILES string of the molecule is CCCC(C)NC(=O)COc1ccc(C#N)cc1[N+](=O)[O-]. The van der Waals surface area contributed by atoms with Gasteiger partial charge in [0.05, 0.1) is 16.6 Å². The number of ether oxygens (including phenoxy) is 1. The molecule has 1 unspecified atom stereocenters. The molecule has 1 atom stereocenters. The molecule has 112 valence electrons. The molecule has 0 spiro atoms. The van der Waals surface area contributed by atoms with Crippen molar-refractivity contribution < 1.29 is 14.5 Å². The summed E-state index contributed by atoms with van der Waals surface area (Å²) >= 11 is 0. The summed E-state index contributed by atoms with van der Waals surface area (Å²) in [7, 11) is 0. The van der Waals surface area contributed by atoms with Crippen LogP contribution in [0.15, 0.2) is 18.2 Å². The topological polar surface area (TPSA) is 105 Å². The van der Waals surface area contributed by atoms with Gasteiger partial charge in [-0.2, -0.15) is 5.26 Å². The van der Waals surface area contributed by atoms with Gasteiger partial charge in [-0.3, -0.25) is 14.9 Å². The largest absolute Gasteiger partial charge is 0.477 e. The van der Waals surface area contributed by atoms with Crippen molar-refractivity contribution in [3.63, 3.8) is 0 Å². The van der Waals surface area contributed by atoms with Gasteiger partial charge in [0.2, 0.25) is 0 Å². The zero-order valence-corrected chi connectivity index (χ0v) is 12.0. The second-order valence-electron chi connectivity index (χ2n) is 4.60. The molecule has 1 amide bonds. The average molecular weight is 291 g/mol. The van der Waals surface area contributed by atoms with E-state index in [0.29, 0.717) is 0 Å². The minimum Gasteiger partial charge on any atom is -0.477 e. The fourth-order valence-corrected chi connectivity index (χ4v) is 1.82. The summed E-state index contributed by atoms with van der Waals surface area (Å²) in [5.74, 6) is -0.369. The van der Waals surface area contributed by atoms with Crippen LogP contribution < -0.4 is 10.1 Å². The van der Waals surface area contributed by atoms with Crippen LogP contribution in [-0.2, 0) is 4.79 Å². The number of hydrogen-bond acceptors (Lipinski definition) is 5. The van der Waals surface area contributed by atoms with Crippen LogP contribution >= 0.6 is 0 Å². The molecule has 0 aliphatic rings. The Bertz CT molecular complexity index is 566. The molecular formula is C14H17N3O4. The fraction of sp³-hybridized carbons (Fsp3) is 0.429. The van der Waals surface area contributed by atoms with Crippen LogP contribution in [0.1, 0.15) is 32.3 Å². The number of benzene rings is 1. The van der Waals surface area contributed by atoms with E-state index in [1.807, 2.05) is 19.9 Å². The summed E-state index contributed by atoms with van der Waals surface area (Å²) in [6.07, 6.45) is 1.80. The Morgan fingerprint density at radius 3 is 2.86 bits per heavy atom. The van der Waals surface area contributed by atoms with Crippen molar-refractivity contribution in [1.82, 2.24) is 5.32 Å². The van der Waals surface area contributed by atoms with Crippen LogP contribution in [0.2, 0.25) is 0 Å². The van der Waals surface area contributed by atoms with Crippen molar-refractivity contribution in [3.05, 3.63) is 33.9 Å². The number of nitriles is 1. The molecule has 1 rings (SSSR count). The van der Waals surface area contributed by atoms with Gasteiger partial charge in [0.15, 0.2) is 12.4 Å². The number of carbonyl (C=O) groups is 1. The second kappa shape index (κ2) is 7.85. The minimum atomic E-state index is -0.645. The highest BCUT2D eigenvalue weighted by Gasteiger charge is 2.17. The number of nitrogens with one attached hydrogen (secondary N) is 1. The number of rotatable bonds is 7. The molecule has 0 bridgehead atoms. The van der Waals surface area contributed by atoms with Gasteiger partial charge in [0.25, 0.3) is 5.91 Å². The van der Waals surface area contributed by atoms with E-state index in [1.54, 1.807) is 0 Å². The minimum absolute atomic E-state index is 0.0297. The summed E-state index contributed by atoms with van der Waals surface area (Å²) in [5, 5.41) is 22.4. The van der Waals surface area contributed by atoms with Crippen molar-refractivity contribution in [3.8, 4) is 11.8 Å². The van der Waals surface area contributed by atoms with Gasteiger partial charge in [-0.05, 0) is 25.5 Å². The van der Waals surface area contributed by atoms with Crippen molar-refractivity contribution in [2.24, 2.45) is 0 Å². The van der Waals surface area contributed by atoms with Crippen LogP contribution in [-0.4, -0.2) is 23.5 Å². The molecule has 0 heterocycles. The fourth-order valence-electron chi connectivity index (χ4n) is 1.82. The maximum atomic E-state index is 11.6. The van der Waals surface area contributed by atoms with Crippen molar-refractivity contribution in [1.29, 1.82) is 5.26 Å². The van der Waals surface area contributed by atoms with Gasteiger partial charge in [-0.25, -0.2) is 0 Å². The molecule has 7 heteroatoms. The molecule has 21 heavy (non-hydrogen) atoms. The maximum absolute atomic E-state index is 11.6. The Balaban J connectivity index is 2.69. The lowest BCUT2D eigenvalue weighted by Crippen LogP contribution is -2.36. The zero-order chi connectivity index (χ0) is 15.8. The molecule has 1 aromatic carbocycles. The van der Waals surface area contributed by atoms with Crippen LogP contribution in [0.4, 0.5) is 5.69 Å². The normalized spacial score (nSPS) is 11.3. The predicted octanol–water partition coefficient (Wildman–Crippen LogP) is 2.15. The molecular weight excluding hydrogens is 274 g/mol. The number of carbonyl (C=O) groups excluding carboxylic acids is 1. The Morgan fingerprint density at radius 1 is 1.57 bits per heavy atom. The summed E-state index contributed by atoms with van der Waals surface area (Å²) < 4.78 is 5.18.